The number of carbonyl (C=O) groups is 2. The molecule has 136 valence electrons. The van der Waals surface area contributed by atoms with Crippen LogP contribution in [0.15, 0.2) is 0 Å². The SMILES string of the molecule is C[C@@H]1CCCCN1CCNC(=O)[C@H]1CCCN1C(=O)C1CCCC1. The van der Waals surface area contributed by atoms with E-state index in [1.165, 1.54) is 19.3 Å². The van der Waals surface area contributed by atoms with E-state index < -0.39 is 0 Å². The Balaban J connectivity index is 1.45. The molecule has 3 aliphatic rings. The second kappa shape index (κ2) is 8.32. The highest BCUT2D eigenvalue weighted by Gasteiger charge is 2.37. The van der Waals surface area contributed by atoms with Crippen LogP contribution in [-0.2, 0) is 9.59 Å². The number of hydrogen-bond donors (Lipinski definition) is 1. The summed E-state index contributed by atoms with van der Waals surface area (Å²) in [4.78, 5) is 29.6. The smallest absolute Gasteiger partial charge is 0.242 e. The molecule has 5 heteroatoms. The van der Waals surface area contributed by atoms with Gasteiger partial charge in [-0.05, 0) is 52.0 Å². The number of carbonyl (C=O) groups excluding carboxylic acids is 2. The highest BCUT2D eigenvalue weighted by molar-refractivity contribution is 5.89. The molecule has 3 fully saturated rings. The van der Waals surface area contributed by atoms with Crippen molar-refractivity contribution in [2.24, 2.45) is 5.92 Å². The first-order valence-electron chi connectivity index (χ1n) is 9.99. The Morgan fingerprint density at radius 3 is 2.46 bits per heavy atom. The molecule has 2 heterocycles. The topological polar surface area (TPSA) is 52.7 Å². The van der Waals surface area contributed by atoms with Gasteiger partial charge in [-0.1, -0.05) is 19.3 Å². The molecule has 0 aromatic heterocycles. The van der Waals surface area contributed by atoms with Gasteiger partial charge in [0, 0.05) is 31.6 Å². The van der Waals surface area contributed by atoms with Crippen molar-refractivity contribution in [3.05, 3.63) is 0 Å². The van der Waals surface area contributed by atoms with E-state index in [2.05, 4.69) is 17.1 Å². The van der Waals surface area contributed by atoms with E-state index >= 15 is 0 Å². The van der Waals surface area contributed by atoms with E-state index in [9.17, 15) is 9.59 Å². The maximum atomic E-state index is 12.7. The van der Waals surface area contributed by atoms with Crippen LogP contribution in [0.2, 0.25) is 0 Å². The van der Waals surface area contributed by atoms with E-state index in [1.807, 2.05) is 4.90 Å². The summed E-state index contributed by atoms with van der Waals surface area (Å²) in [7, 11) is 0. The molecule has 0 aromatic carbocycles. The molecule has 3 rings (SSSR count). The highest BCUT2D eigenvalue weighted by Crippen LogP contribution is 2.29. The van der Waals surface area contributed by atoms with Crippen molar-refractivity contribution in [2.45, 2.75) is 76.8 Å². The second-order valence-corrected chi connectivity index (χ2v) is 7.84. The average molecular weight is 335 g/mol. The van der Waals surface area contributed by atoms with Gasteiger partial charge < -0.3 is 10.2 Å². The van der Waals surface area contributed by atoms with Gasteiger partial charge in [0.25, 0.3) is 0 Å². The number of nitrogens with zero attached hydrogens (tertiary/aromatic N) is 2. The van der Waals surface area contributed by atoms with Crippen molar-refractivity contribution in [1.82, 2.24) is 15.1 Å². The number of nitrogens with one attached hydrogen (secondary N) is 1. The summed E-state index contributed by atoms with van der Waals surface area (Å²) in [6.07, 6.45) is 9.98. The van der Waals surface area contributed by atoms with Gasteiger partial charge >= 0.3 is 0 Å². The fraction of sp³-hybridized carbons (Fsp3) is 0.895. The summed E-state index contributed by atoms with van der Waals surface area (Å²) in [5.41, 5.74) is 0. The van der Waals surface area contributed by atoms with E-state index in [4.69, 9.17) is 0 Å². The zero-order valence-electron chi connectivity index (χ0n) is 15.1. The molecular formula is C19H33N3O2. The van der Waals surface area contributed by atoms with Gasteiger partial charge in [0.2, 0.25) is 11.8 Å². The molecule has 2 amide bonds. The van der Waals surface area contributed by atoms with Crippen molar-refractivity contribution in [3.63, 3.8) is 0 Å². The van der Waals surface area contributed by atoms with Crippen molar-refractivity contribution in [1.29, 1.82) is 0 Å². The lowest BCUT2D eigenvalue weighted by atomic mass is 10.0. The monoisotopic (exact) mass is 335 g/mol. The molecule has 2 atom stereocenters. The van der Waals surface area contributed by atoms with Crippen LogP contribution < -0.4 is 5.32 Å². The molecule has 2 saturated heterocycles. The molecule has 1 saturated carbocycles. The number of likely N-dealkylation sites (tertiary alicyclic amines) is 2. The second-order valence-electron chi connectivity index (χ2n) is 7.84. The summed E-state index contributed by atoms with van der Waals surface area (Å²) in [6.45, 7) is 5.81. The molecule has 1 aliphatic carbocycles. The molecule has 1 N–H and O–H groups in total. The first-order valence-corrected chi connectivity index (χ1v) is 9.99. The van der Waals surface area contributed by atoms with Crippen LogP contribution >= 0.6 is 0 Å². The summed E-state index contributed by atoms with van der Waals surface area (Å²) < 4.78 is 0. The minimum Gasteiger partial charge on any atom is -0.353 e. The Bertz CT molecular complexity index is 448. The van der Waals surface area contributed by atoms with Crippen LogP contribution in [0.4, 0.5) is 0 Å². The molecular weight excluding hydrogens is 302 g/mol. The highest BCUT2D eigenvalue weighted by atomic mass is 16.2. The largest absolute Gasteiger partial charge is 0.353 e. The van der Waals surface area contributed by atoms with Gasteiger partial charge in [0.15, 0.2) is 0 Å². The van der Waals surface area contributed by atoms with E-state index in [0.717, 1.165) is 58.2 Å². The molecule has 0 radical (unpaired) electrons. The fourth-order valence-electron chi connectivity index (χ4n) is 4.64. The van der Waals surface area contributed by atoms with E-state index in [0.29, 0.717) is 12.6 Å². The standard InChI is InChI=1S/C19H33N3O2/c1-15-7-4-5-12-21(15)14-11-20-18(23)17-10-6-13-22(17)19(24)16-8-2-3-9-16/h15-17H,2-14H2,1H3,(H,20,23)/t15-,17-/m1/s1. The van der Waals surface area contributed by atoms with Crippen molar-refractivity contribution in [3.8, 4) is 0 Å². The maximum absolute atomic E-state index is 12.7. The summed E-state index contributed by atoms with van der Waals surface area (Å²) in [5, 5.41) is 3.09. The van der Waals surface area contributed by atoms with Crippen LogP contribution in [0.25, 0.3) is 0 Å². The molecule has 0 aromatic rings. The lowest BCUT2D eigenvalue weighted by molar-refractivity contribution is -0.141. The van der Waals surface area contributed by atoms with Crippen molar-refractivity contribution < 1.29 is 9.59 Å². The zero-order chi connectivity index (χ0) is 16.9. The van der Waals surface area contributed by atoms with Crippen LogP contribution in [0.3, 0.4) is 0 Å². The predicted octanol–water partition coefficient (Wildman–Crippen LogP) is 2.16. The summed E-state index contributed by atoms with van der Waals surface area (Å²) in [5.74, 6) is 0.464. The molecule has 2 aliphatic heterocycles. The van der Waals surface area contributed by atoms with Gasteiger partial charge in [-0.2, -0.15) is 0 Å². The lowest BCUT2D eigenvalue weighted by Gasteiger charge is -2.33. The predicted molar refractivity (Wildman–Crippen MR) is 94.6 cm³/mol. The molecule has 5 nitrogen and oxygen atoms in total. The average Bonchev–Trinajstić information content (AvgIpc) is 3.27. The lowest BCUT2D eigenvalue weighted by Crippen LogP contribution is -2.49. The minimum atomic E-state index is -0.225. The third kappa shape index (κ3) is 4.11. The summed E-state index contributed by atoms with van der Waals surface area (Å²) >= 11 is 0. The summed E-state index contributed by atoms with van der Waals surface area (Å²) in [6, 6.07) is 0.402. The van der Waals surface area contributed by atoms with Gasteiger partial charge in [0.05, 0.1) is 0 Å². The van der Waals surface area contributed by atoms with Crippen LogP contribution in [0, 0.1) is 5.92 Å². The number of amides is 2. The molecule has 0 spiro atoms. The van der Waals surface area contributed by atoms with Gasteiger partial charge in [-0.3, -0.25) is 14.5 Å². The Hall–Kier alpha value is -1.10. The number of hydrogen-bond acceptors (Lipinski definition) is 3. The number of piperidine rings is 1. The normalized spacial score (nSPS) is 29.1. The maximum Gasteiger partial charge on any atom is 0.242 e. The molecule has 0 unspecified atom stereocenters. The van der Waals surface area contributed by atoms with Crippen molar-refractivity contribution in [2.75, 3.05) is 26.2 Å². The van der Waals surface area contributed by atoms with Crippen molar-refractivity contribution >= 4 is 11.8 Å². The van der Waals surface area contributed by atoms with Gasteiger partial charge in [-0.15, -0.1) is 0 Å². The first kappa shape index (κ1) is 17.7. The Labute approximate surface area is 146 Å². The van der Waals surface area contributed by atoms with Gasteiger partial charge in [-0.25, -0.2) is 0 Å². The first-order chi connectivity index (χ1) is 11.7. The number of rotatable bonds is 5. The van der Waals surface area contributed by atoms with Crippen LogP contribution in [-0.4, -0.2) is 59.9 Å². The zero-order valence-corrected chi connectivity index (χ0v) is 15.1. The third-order valence-electron chi connectivity index (χ3n) is 6.18. The molecule has 24 heavy (non-hydrogen) atoms. The van der Waals surface area contributed by atoms with Crippen LogP contribution in [0.1, 0.15) is 64.7 Å². The molecule has 0 bridgehead atoms. The minimum absolute atomic E-state index is 0.0588. The van der Waals surface area contributed by atoms with Crippen LogP contribution in [0.5, 0.6) is 0 Å². The third-order valence-corrected chi connectivity index (χ3v) is 6.18. The van der Waals surface area contributed by atoms with E-state index in [1.54, 1.807) is 0 Å². The fourth-order valence-corrected chi connectivity index (χ4v) is 4.64. The van der Waals surface area contributed by atoms with Gasteiger partial charge in [0.1, 0.15) is 6.04 Å². The Morgan fingerprint density at radius 2 is 1.71 bits per heavy atom. The Morgan fingerprint density at radius 1 is 0.958 bits per heavy atom. The Kier molecular flexibility index (Phi) is 6.14. The quantitative estimate of drug-likeness (QED) is 0.838. The van der Waals surface area contributed by atoms with E-state index in [-0.39, 0.29) is 23.8 Å².